The highest BCUT2D eigenvalue weighted by molar-refractivity contribution is 5.92. The van der Waals surface area contributed by atoms with Crippen molar-refractivity contribution in [1.29, 1.82) is 0 Å². The van der Waals surface area contributed by atoms with E-state index in [-0.39, 0.29) is 0 Å². The van der Waals surface area contributed by atoms with Gasteiger partial charge in [0, 0.05) is 10.8 Å². The van der Waals surface area contributed by atoms with Gasteiger partial charge in [0.15, 0.2) is 0 Å². The summed E-state index contributed by atoms with van der Waals surface area (Å²) in [6.07, 6.45) is 11.7. The van der Waals surface area contributed by atoms with Crippen molar-refractivity contribution in [2.45, 2.75) is 57.8 Å². The van der Waals surface area contributed by atoms with E-state index in [2.05, 4.69) is 48.5 Å². The van der Waals surface area contributed by atoms with Gasteiger partial charge in [-0.1, -0.05) is 68.9 Å². The van der Waals surface area contributed by atoms with Crippen molar-refractivity contribution in [1.82, 2.24) is 4.98 Å². The minimum Gasteiger partial charge on any atom is -0.330 e. The lowest BCUT2D eigenvalue weighted by molar-refractivity contribution is 0.570. The molecule has 2 nitrogen and oxygen atoms in total. The molecular weight excluding hydrogens is 304 g/mol. The fourth-order valence-corrected chi connectivity index (χ4v) is 3.51. The fraction of sp³-hybridized carbons (Fsp3) is 0.435. The van der Waals surface area contributed by atoms with Crippen LogP contribution in [0.1, 0.15) is 56.9 Å². The first-order chi connectivity index (χ1) is 12.4. The Morgan fingerprint density at radius 3 is 2.12 bits per heavy atom. The van der Waals surface area contributed by atoms with Crippen LogP contribution >= 0.6 is 0 Å². The monoisotopic (exact) mass is 334 g/mol. The highest BCUT2D eigenvalue weighted by atomic mass is 14.7. The third kappa shape index (κ3) is 5.27. The largest absolute Gasteiger partial charge is 0.330 e. The van der Waals surface area contributed by atoms with Gasteiger partial charge in [-0.25, -0.2) is 4.98 Å². The predicted molar refractivity (Wildman–Crippen MR) is 109 cm³/mol. The first-order valence-electron chi connectivity index (χ1n) is 9.85. The molecule has 3 rings (SSSR count). The zero-order valence-corrected chi connectivity index (χ0v) is 15.2. The number of nitrogens with two attached hydrogens (primary N) is 1. The van der Waals surface area contributed by atoms with Crippen LogP contribution in [-0.2, 0) is 6.42 Å². The lowest BCUT2D eigenvalue weighted by atomic mass is 10.0. The summed E-state index contributed by atoms with van der Waals surface area (Å²) in [6.45, 7) is 0.844. The van der Waals surface area contributed by atoms with E-state index < -0.39 is 0 Å². The van der Waals surface area contributed by atoms with Gasteiger partial charge in [0.1, 0.15) is 0 Å². The van der Waals surface area contributed by atoms with Gasteiger partial charge in [-0.15, -0.1) is 0 Å². The molecule has 0 aliphatic carbocycles. The molecule has 2 N–H and O–H groups in total. The second-order valence-electron chi connectivity index (χ2n) is 7.08. The Morgan fingerprint density at radius 1 is 0.640 bits per heavy atom. The van der Waals surface area contributed by atoms with Crippen LogP contribution in [0.25, 0.3) is 21.8 Å². The average Bonchev–Trinajstić information content (AvgIpc) is 2.65. The van der Waals surface area contributed by atoms with Crippen LogP contribution in [0.3, 0.4) is 0 Å². The van der Waals surface area contributed by atoms with Gasteiger partial charge in [-0.2, -0.15) is 0 Å². The molecule has 0 radical (unpaired) electrons. The third-order valence-electron chi connectivity index (χ3n) is 5.00. The van der Waals surface area contributed by atoms with Gasteiger partial charge < -0.3 is 5.73 Å². The molecule has 0 spiro atoms. The molecule has 25 heavy (non-hydrogen) atoms. The first-order valence-corrected chi connectivity index (χ1v) is 9.85. The standard InChI is InChI=1S/C23H30N2/c24-16-10-6-4-2-1-3-5-7-11-19-14-15-21-18-20-12-8-9-13-22(20)25-23(21)17-19/h8-9,12-15,17-18H,1-7,10-11,16,24H2. The Labute approximate surface area is 151 Å². The molecular formula is C23H30N2. The van der Waals surface area contributed by atoms with Gasteiger partial charge in [0.05, 0.1) is 11.0 Å². The quantitative estimate of drug-likeness (QED) is 0.364. The van der Waals surface area contributed by atoms with Crippen LogP contribution < -0.4 is 5.73 Å². The Hall–Kier alpha value is -1.93. The normalized spacial score (nSPS) is 11.4. The van der Waals surface area contributed by atoms with E-state index in [1.54, 1.807) is 0 Å². The van der Waals surface area contributed by atoms with Crippen LogP contribution in [0.4, 0.5) is 0 Å². The summed E-state index contributed by atoms with van der Waals surface area (Å²) in [7, 11) is 0. The number of unbranched alkanes of at least 4 members (excludes halogenated alkanes) is 7. The number of hydrogen-bond acceptors (Lipinski definition) is 2. The number of aryl methyl sites for hydroxylation is 1. The molecule has 0 aliphatic rings. The van der Waals surface area contributed by atoms with E-state index in [0.29, 0.717) is 0 Å². The second kappa shape index (κ2) is 9.53. The molecule has 0 atom stereocenters. The molecule has 0 saturated carbocycles. The van der Waals surface area contributed by atoms with Crippen molar-refractivity contribution in [3.63, 3.8) is 0 Å². The molecule has 1 heterocycles. The van der Waals surface area contributed by atoms with Crippen molar-refractivity contribution >= 4 is 21.8 Å². The first kappa shape index (κ1) is 17.9. The predicted octanol–water partition coefficient (Wildman–Crippen LogP) is 6.01. The number of rotatable bonds is 10. The van der Waals surface area contributed by atoms with Crippen molar-refractivity contribution in [2.75, 3.05) is 6.54 Å². The number of hydrogen-bond donors (Lipinski definition) is 1. The summed E-state index contributed by atoms with van der Waals surface area (Å²) in [5.74, 6) is 0. The van der Waals surface area contributed by atoms with E-state index in [9.17, 15) is 0 Å². The minimum absolute atomic E-state index is 0.844. The van der Waals surface area contributed by atoms with Crippen molar-refractivity contribution in [3.8, 4) is 0 Å². The summed E-state index contributed by atoms with van der Waals surface area (Å²) in [6, 6.07) is 17.4. The maximum atomic E-state index is 5.52. The Morgan fingerprint density at radius 2 is 1.32 bits per heavy atom. The molecule has 0 bridgehead atoms. The van der Waals surface area contributed by atoms with Gasteiger partial charge in [-0.3, -0.25) is 0 Å². The van der Waals surface area contributed by atoms with Gasteiger partial charge in [0.2, 0.25) is 0 Å². The molecule has 3 aromatic rings. The van der Waals surface area contributed by atoms with Crippen LogP contribution in [0.2, 0.25) is 0 Å². The molecule has 0 unspecified atom stereocenters. The average molecular weight is 335 g/mol. The molecule has 2 heteroatoms. The number of nitrogens with zero attached hydrogens (tertiary/aromatic N) is 1. The summed E-state index contributed by atoms with van der Waals surface area (Å²) < 4.78 is 0. The topological polar surface area (TPSA) is 38.9 Å². The minimum atomic E-state index is 0.844. The lowest BCUT2D eigenvalue weighted by Crippen LogP contribution is -1.97. The van der Waals surface area contributed by atoms with Crippen molar-refractivity contribution in [3.05, 3.63) is 54.1 Å². The third-order valence-corrected chi connectivity index (χ3v) is 5.00. The summed E-state index contributed by atoms with van der Waals surface area (Å²) in [5, 5.41) is 2.45. The van der Waals surface area contributed by atoms with E-state index >= 15 is 0 Å². The molecule has 2 aromatic carbocycles. The molecule has 132 valence electrons. The van der Waals surface area contributed by atoms with Gasteiger partial charge >= 0.3 is 0 Å². The fourth-order valence-electron chi connectivity index (χ4n) is 3.51. The Kier molecular flexibility index (Phi) is 6.81. The summed E-state index contributed by atoms with van der Waals surface area (Å²) in [4.78, 5) is 4.82. The van der Waals surface area contributed by atoms with E-state index in [1.807, 2.05) is 0 Å². The molecule has 0 saturated heterocycles. The van der Waals surface area contributed by atoms with E-state index in [4.69, 9.17) is 10.7 Å². The van der Waals surface area contributed by atoms with E-state index in [0.717, 1.165) is 24.0 Å². The zero-order chi connectivity index (χ0) is 17.3. The molecule has 0 amide bonds. The zero-order valence-electron chi connectivity index (χ0n) is 15.2. The Bertz CT molecular complexity index is 794. The van der Waals surface area contributed by atoms with Crippen LogP contribution in [0, 0.1) is 0 Å². The number of benzene rings is 2. The smallest absolute Gasteiger partial charge is 0.0712 e. The van der Waals surface area contributed by atoms with E-state index in [1.165, 1.54) is 67.7 Å². The lowest BCUT2D eigenvalue weighted by Gasteiger charge is -2.06. The van der Waals surface area contributed by atoms with Crippen LogP contribution in [-0.4, -0.2) is 11.5 Å². The number of para-hydroxylation sites is 1. The maximum Gasteiger partial charge on any atom is 0.0712 e. The number of aromatic nitrogens is 1. The van der Waals surface area contributed by atoms with Crippen LogP contribution in [0.15, 0.2) is 48.5 Å². The number of fused-ring (bicyclic) bond motifs is 2. The summed E-state index contributed by atoms with van der Waals surface area (Å²) in [5.41, 5.74) is 9.14. The SMILES string of the molecule is NCCCCCCCCCCc1ccc2cc3ccccc3nc2c1. The second-order valence-corrected chi connectivity index (χ2v) is 7.08. The highest BCUT2D eigenvalue weighted by Crippen LogP contribution is 2.21. The summed E-state index contributed by atoms with van der Waals surface area (Å²) >= 11 is 0. The van der Waals surface area contributed by atoms with Crippen molar-refractivity contribution in [2.24, 2.45) is 5.73 Å². The molecule has 1 aromatic heterocycles. The van der Waals surface area contributed by atoms with Crippen molar-refractivity contribution < 1.29 is 0 Å². The molecule has 0 aliphatic heterocycles. The highest BCUT2D eigenvalue weighted by Gasteiger charge is 2.01. The molecule has 0 fully saturated rings. The van der Waals surface area contributed by atoms with Gasteiger partial charge in [-0.05, 0) is 49.6 Å². The van der Waals surface area contributed by atoms with Crippen LogP contribution in [0.5, 0.6) is 0 Å². The Balaban J connectivity index is 1.46. The number of pyridine rings is 1. The van der Waals surface area contributed by atoms with Gasteiger partial charge in [0.25, 0.3) is 0 Å². The maximum absolute atomic E-state index is 5.52.